The molecule has 0 fully saturated rings. The molecule has 0 aliphatic carbocycles. The first-order chi connectivity index (χ1) is 11.6. The molecule has 0 saturated carbocycles. The molecule has 25 heavy (non-hydrogen) atoms. The van der Waals surface area contributed by atoms with Gasteiger partial charge in [0.05, 0.1) is 21.3 Å². The van der Waals surface area contributed by atoms with Crippen LogP contribution in [0.15, 0.2) is 60.7 Å². The highest BCUT2D eigenvalue weighted by Gasteiger charge is 2.34. The number of hydrogen-bond acceptors (Lipinski definition) is 2. The van der Waals surface area contributed by atoms with Crippen LogP contribution in [0.5, 0.6) is 0 Å². The van der Waals surface area contributed by atoms with Gasteiger partial charge in [0.25, 0.3) is 0 Å². The molecule has 0 saturated heterocycles. The van der Waals surface area contributed by atoms with E-state index in [2.05, 4.69) is 0 Å². The fourth-order valence-electron chi connectivity index (χ4n) is 3.11. The number of rotatable bonds is 8. The van der Waals surface area contributed by atoms with Crippen LogP contribution in [-0.4, -0.2) is 29.7 Å². The molecule has 2 aromatic rings. The summed E-state index contributed by atoms with van der Waals surface area (Å²) in [7, 11) is -3.40. The van der Waals surface area contributed by atoms with E-state index in [0.29, 0.717) is 12.8 Å². The van der Waals surface area contributed by atoms with E-state index in [1.54, 1.807) is 13.8 Å². The van der Waals surface area contributed by atoms with Gasteiger partial charge in [-0.15, -0.1) is 23.2 Å². The molecule has 0 radical (unpaired) electrons. The summed E-state index contributed by atoms with van der Waals surface area (Å²) in [5, 5.41) is 0. The first kappa shape index (κ1) is 20.3. The van der Waals surface area contributed by atoms with Crippen LogP contribution in [0, 0.1) is 0 Å². The molecule has 0 bridgehead atoms. The van der Waals surface area contributed by atoms with Gasteiger partial charge in [-0.1, -0.05) is 60.7 Å². The van der Waals surface area contributed by atoms with E-state index in [1.807, 2.05) is 60.7 Å². The number of benzene rings is 2. The maximum Gasteiger partial charge on any atom is 0.153 e. The third-order valence-corrected chi connectivity index (χ3v) is 6.88. The lowest BCUT2D eigenvalue weighted by atomic mass is 10.0. The Kier molecular flexibility index (Phi) is 6.58. The maximum atomic E-state index is 12.7. The molecule has 2 nitrogen and oxygen atoms in total. The Bertz CT molecular complexity index is 708. The van der Waals surface area contributed by atoms with Crippen molar-refractivity contribution >= 4 is 33.0 Å². The SMILES string of the molecule is CC(Cl)(Cc1ccccc1)CS(=O)(=O)CC(C)(Cl)Cc1ccccc1. The molecule has 0 amide bonds. The molecule has 0 aromatic heterocycles. The molecule has 5 heteroatoms. The van der Waals surface area contributed by atoms with E-state index < -0.39 is 19.6 Å². The molecule has 0 N–H and O–H groups in total. The van der Waals surface area contributed by atoms with Gasteiger partial charge in [-0.25, -0.2) is 8.42 Å². The zero-order valence-electron chi connectivity index (χ0n) is 14.6. The summed E-state index contributed by atoms with van der Waals surface area (Å²) < 4.78 is 25.3. The van der Waals surface area contributed by atoms with Gasteiger partial charge in [0, 0.05) is 0 Å². The first-order valence-electron chi connectivity index (χ1n) is 8.23. The van der Waals surface area contributed by atoms with Crippen molar-refractivity contribution in [3.05, 3.63) is 71.8 Å². The fraction of sp³-hybridized carbons (Fsp3) is 0.400. The third kappa shape index (κ3) is 7.39. The second-order valence-corrected chi connectivity index (χ2v) is 11.1. The van der Waals surface area contributed by atoms with Crippen LogP contribution in [0.4, 0.5) is 0 Å². The maximum absolute atomic E-state index is 12.7. The van der Waals surface area contributed by atoms with Gasteiger partial charge in [0.15, 0.2) is 9.84 Å². The molecule has 2 rings (SSSR count). The van der Waals surface area contributed by atoms with Crippen molar-refractivity contribution in [2.75, 3.05) is 11.5 Å². The quantitative estimate of drug-likeness (QED) is 0.593. The summed E-state index contributed by atoms with van der Waals surface area (Å²) in [4.78, 5) is -1.72. The standard InChI is InChI=1S/C20H24Cl2O2S/c1-19(21,13-17-9-5-3-6-10-17)15-25(23,24)16-20(2,22)14-18-11-7-4-8-12-18/h3-12H,13-16H2,1-2H3. The summed E-state index contributed by atoms with van der Waals surface area (Å²) in [6.45, 7) is 3.53. The highest BCUT2D eigenvalue weighted by atomic mass is 35.5. The molecular weight excluding hydrogens is 375 g/mol. The average molecular weight is 399 g/mol. The minimum Gasteiger partial charge on any atom is -0.229 e. The van der Waals surface area contributed by atoms with Crippen LogP contribution in [0.25, 0.3) is 0 Å². The smallest absolute Gasteiger partial charge is 0.153 e. The van der Waals surface area contributed by atoms with Crippen molar-refractivity contribution in [1.29, 1.82) is 0 Å². The highest BCUT2D eigenvalue weighted by Crippen LogP contribution is 2.28. The number of hydrogen-bond donors (Lipinski definition) is 0. The van der Waals surface area contributed by atoms with Crippen molar-refractivity contribution in [3.8, 4) is 0 Å². The van der Waals surface area contributed by atoms with Crippen LogP contribution in [0.1, 0.15) is 25.0 Å². The Balaban J connectivity index is 2.02. The fourth-order valence-corrected chi connectivity index (χ4v) is 6.56. The van der Waals surface area contributed by atoms with Gasteiger partial charge in [-0.05, 0) is 37.8 Å². The Morgan fingerprint density at radius 3 is 1.36 bits per heavy atom. The lowest BCUT2D eigenvalue weighted by Gasteiger charge is -2.26. The third-order valence-electron chi connectivity index (χ3n) is 3.87. The first-order valence-corrected chi connectivity index (χ1v) is 10.8. The summed E-state index contributed by atoms with van der Waals surface area (Å²) in [6.07, 6.45) is 0.985. The minimum absolute atomic E-state index is 0.104. The molecule has 0 aliphatic heterocycles. The summed E-state index contributed by atoms with van der Waals surface area (Å²) in [5.74, 6) is -0.207. The van der Waals surface area contributed by atoms with Gasteiger partial charge in [-0.3, -0.25) is 0 Å². The zero-order valence-corrected chi connectivity index (χ0v) is 16.9. The van der Waals surface area contributed by atoms with Gasteiger partial charge >= 0.3 is 0 Å². The normalized spacial score (nSPS) is 16.8. The lowest BCUT2D eigenvalue weighted by Crippen LogP contribution is -2.38. The molecule has 0 heterocycles. The predicted octanol–water partition coefficient (Wildman–Crippen LogP) is 4.88. The Morgan fingerprint density at radius 1 is 0.720 bits per heavy atom. The summed E-state index contributed by atoms with van der Waals surface area (Å²) in [5.41, 5.74) is 2.04. The zero-order chi connectivity index (χ0) is 18.6. The molecule has 2 unspecified atom stereocenters. The van der Waals surface area contributed by atoms with Crippen molar-refractivity contribution in [2.45, 2.75) is 36.4 Å². The summed E-state index contributed by atoms with van der Waals surface area (Å²) >= 11 is 13.0. The van der Waals surface area contributed by atoms with E-state index in [0.717, 1.165) is 11.1 Å². The highest BCUT2D eigenvalue weighted by molar-refractivity contribution is 7.91. The Labute approximate surface area is 161 Å². The van der Waals surface area contributed by atoms with Gasteiger partial charge in [0.1, 0.15) is 0 Å². The second-order valence-electron chi connectivity index (χ2n) is 7.18. The number of sulfone groups is 1. The topological polar surface area (TPSA) is 34.1 Å². The Hall–Kier alpha value is -1.03. The minimum atomic E-state index is -3.40. The van der Waals surface area contributed by atoms with Crippen LogP contribution in [0.3, 0.4) is 0 Å². The predicted molar refractivity (Wildman–Crippen MR) is 107 cm³/mol. The van der Waals surface area contributed by atoms with E-state index in [1.165, 1.54) is 0 Å². The second kappa shape index (κ2) is 8.11. The summed E-state index contributed by atoms with van der Waals surface area (Å²) in [6, 6.07) is 19.4. The molecular formula is C20H24Cl2O2S. The van der Waals surface area contributed by atoms with Gasteiger partial charge in [-0.2, -0.15) is 0 Å². The van der Waals surface area contributed by atoms with Crippen LogP contribution < -0.4 is 0 Å². The monoisotopic (exact) mass is 398 g/mol. The van der Waals surface area contributed by atoms with Crippen molar-refractivity contribution in [3.63, 3.8) is 0 Å². The van der Waals surface area contributed by atoms with Crippen LogP contribution >= 0.6 is 23.2 Å². The van der Waals surface area contributed by atoms with Crippen LogP contribution in [-0.2, 0) is 22.7 Å². The van der Waals surface area contributed by atoms with Crippen molar-refractivity contribution in [2.24, 2.45) is 0 Å². The van der Waals surface area contributed by atoms with Gasteiger partial charge < -0.3 is 0 Å². The number of halogens is 2. The lowest BCUT2D eigenvalue weighted by molar-refractivity contribution is 0.566. The van der Waals surface area contributed by atoms with E-state index in [9.17, 15) is 8.42 Å². The van der Waals surface area contributed by atoms with E-state index >= 15 is 0 Å². The molecule has 136 valence electrons. The Morgan fingerprint density at radius 2 is 1.04 bits per heavy atom. The van der Waals surface area contributed by atoms with Gasteiger partial charge in [0.2, 0.25) is 0 Å². The van der Waals surface area contributed by atoms with E-state index in [-0.39, 0.29) is 11.5 Å². The largest absolute Gasteiger partial charge is 0.229 e. The molecule has 2 atom stereocenters. The number of alkyl halides is 2. The molecule has 0 aliphatic rings. The average Bonchev–Trinajstić information content (AvgIpc) is 2.45. The molecule has 2 aromatic carbocycles. The van der Waals surface area contributed by atoms with E-state index in [4.69, 9.17) is 23.2 Å². The van der Waals surface area contributed by atoms with Crippen LogP contribution in [0.2, 0.25) is 0 Å². The van der Waals surface area contributed by atoms with Crippen molar-refractivity contribution < 1.29 is 8.42 Å². The van der Waals surface area contributed by atoms with Crippen molar-refractivity contribution in [1.82, 2.24) is 0 Å². The molecule has 0 spiro atoms.